The van der Waals surface area contributed by atoms with Crippen molar-refractivity contribution in [1.29, 1.82) is 5.26 Å². The second-order valence-electron chi connectivity index (χ2n) is 3.73. The van der Waals surface area contributed by atoms with Gasteiger partial charge in [-0.05, 0) is 31.0 Å². The normalized spacial score (nSPS) is 10.2. The van der Waals surface area contributed by atoms with Crippen LogP contribution in [-0.4, -0.2) is 14.8 Å². The van der Waals surface area contributed by atoms with Gasteiger partial charge in [-0.25, -0.2) is 9.67 Å². The standard InChI is InChI=1S/C13H14N4/c1-3-11-8-12(4-2)17(16-11)13-10(9-14)6-5-7-15-13/h5-8H,3-4H2,1-2H3. The molecule has 0 atom stereocenters. The smallest absolute Gasteiger partial charge is 0.171 e. The lowest BCUT2D eigenvalue weighted by molar-refractivity contribution is 0.770. The minimum atomic E-state index is 0.549. The summed E-state index contributed by atoms with van der Waals surface area (Å²) in [7, 11) is 0. The molecule has 0 saturated heterocycles. The van der Waals surface area contributed by atoms with Crippen molar-refractivity contribution in [3.8, 4) is 11.9 Å². The van der Waals surface area contributed by atoms with Crippen LogP contribution in [0, 0.1) is 11.3 Å². The van der Waals surface area contributed by atoms with Crippen LogP contribution in [0.5, 0.6) is 0 Å². The Labute approximate surface area is 101 Å². The number of nitrogens with zero attached hydrogens (tertiary/aromatic N) is 4. The zero-order chi connectivity index (χ0) is 12.3. The van der Waals surface area contributed by atoms with Crippen LogP contribution in [0.25, 0.3) is 5.82 Å². The molecule has 4 nitrogen and oxygen atoms in total. The van der Waals surface area contributed by atoms with Gasteiger partial charge in [0.1, 0.15) is 6.07 Å². The number of hydrogen-bond acceptors (Lipinski definition) is 3. The molecule has 0 aliphatic rings. The van der Waals surface area contributed by atoms with Gasteiger partial charge >= 0.3 is 0 Å². The molecular formula is C13H14N4. The highest BCUT2D eigenvalue weighted by Gasteiger charge is 2.11. The van der Waals surface area contributed by atoms with Crippen molar-refractivity contribution >= 4 is 0 Å². The first-order chi connectivity index (χ1) is 8.30. The first-order valence-electron chi connectivity index (χ1n) is 5.73. The first kappa shape index (κ1) is 11.3. The van der Waals surface area contributed by atoms with E-state index in [0.717, 1.165) is 24.2 Å². The second-order valence-corrected chi connectivity index (χ2v) is 3.73. The van der Waals surface area contributed by atoms with Crippen molar-refractivity contribution in [3.63, 3.8) is 0 Å². The lowest BCUT2D eigenvalue weighted by Gasteiger charge is -2.05. The maximum Gasteiger partial charge on any atom is 0.171 e. The summed E-state index contributed by atoms with van der Waals surface area (Å²) >= 11 is 0. The van der Waals surface area contributed by atoms with E-state index in [1.165, 1.54) is 0 Å². The fraction of sp³-hybridized carbons (Fsp3) is 0.308. The van der Waals surface area contributed by atoms with Gasteiger partial charge in [0.25, 0.3) is 0 Å². The Balaban J connectivity index is 2.60. The van der Waals surface area contributed by atoms with Crippen LogP contribution in [0.1, 0.15) is 30.8 Å². The van der Waals surface area contributed by atoms with Gasteiger partial charge < -0.3 is 0 Å². The monoisotopic (exact) mass is 226 g/mol. The van der Waals surface area contributed by atoms with Gasteiger partial charge in [0.2, 0.25) is 0 Å². The summed E-state index contributed by atoms with van der Waals surface area (Å²) in [6.07, 6.45) is 3.44. The van der Waals surface area contributed by atoms with Gasteiger partial charge in [0.05, 0.1) is 11.3 Å². The lowest BCUT2D eigenvalue weighted by Crippen LogP contribution is -2.06. The van der Waals surface area contributed by atoms with E-state index in [9.17, 15) is 0 Å². The van der Waals surface area contributed by atoms with Crippen molar-refractivity contribution in [2.45, 2.75) is 26.7 Å². The van der Waals surface area contributed by atoms with E-state index in [4.69, 9.17) is 5.26 Å². The molecule has 0 fully saturated rings. The number of aromatic nitrogens is 3. The molecule has 86 valence electrons. The highest BCUT2D eigenvalue weighted by atomic mass is 15.3. The molecule has 17 heavy (non-hydrogen) atoms. The van der Waals surface area contributed by atoms with E-state index in [2.05, 4.69) is 36.1 Å². The summed E-state index contributed by atoms with van der Waals surface area (Å²) < 4.78 is 1.78. The summed E-state index contributed by atoms with van der Waals surface area (Å²) in [5, 5.41) is 13.6. The largest absolute Gasteiger partial charge is 0.236 e. The number of aryl methyl sites for hydroxylation is 2. The summed E-state index contributed by atoms with van der Waals surface area (Å²) in [4.78, 5) is 4.25. The Hall–Kier alpha value is -2.15. The molecule has 0 radical (unpaired) electrons. The van der Waals surface area contributed by atoms with E-state index in [-0.39, 0.29) is 0 Å². The molecule has 0 aliphatic carbocycles. The molecule has 0 aliphatic heterocycles. The van der Waals surface area contributed by atoms with Crippen molar-refractivity contribution in [2.24, 2.45) is 0 Å². The van der Waals surface area contributed by atoms with E-state index >= 15 is 0 Å². The predicted octanol–water partition coefficient (Wildman–Crippen LogP) is 2.26. The molecule has 2 rings (SSSR count). The molecule has 2 heterocycles. The van der Waals surface area contributed by atoms with Crippen LogP contribution in [0.4, 0.5) is 0 Å². The molecule has 0 bridgehead atoms. The third kappa shape index (κ3) is 2.04. The van der Waals surface area contributed by atoms with Crippen molar-refractivity contribution in [3.05, 3.63) is 41.3 Å². The van der Waals surface area contributed by atoms with E-state index in [1.807, 2.05) is 0 Å². The first-order valence-corrected chi connectivity index (χ1v) is 5.73. The minimum absolute atomic E-state index is 0.549. The zero-order valence-electron chi connectivity index (χ0n) is 10.0. The number of pyridine rings is 1. The summed E-state index contributed by atoms with van der Waals surface area (Å²) in [6.45, 7) is 4.14. The zero-order valence-corrected chi connectivity index (χ0v) is 10.0. The number of nitriles is 1. The Morgan fingerprint density at radius 1 is 1.35 bits per heavy atom. The van der Waals surface area contributed by atoms with E-state index in [0.29, 0.717) is 11.4 Å². The number of rotatable bonds is 3. The molecule has 0 saturated carbocycles. The topological polar surface area (TPSA) is 54.5 Å². The van der Waals surface area contributed by atoms with Crippen molar-refractivity contribution in [2.75, 3.05) is 0 Å². The molecular weight excluding hydrogens is 212 g/mol. The molecule has 0 N–H and O–H groups in total. The summed E-state index contributed by atoms with van der Waals surface area (Å²) in [6, 6.07) is 7.74. The molecule has 0 unspecified atom stereocenters. The van der Waals surface area contributed by atoms with Gasteiger partial charge in [0.15, 0.2) is 5.82 Å². The Morgan fingerprint density at radius 3 is 2.82 bits per heavy atom. The average molecular weight is 226 g/mol. The van der Waals surface area contributed by atoms with E-state index < -0.39 is 0 Å². The van der Waals surface area contributed by atoms with E-state index in [1.54, 1.807) is 23.0 Å². The fourth-order valence-electron chi connectivity index (χ4n) is 1.74. The molecule has 2 aromatic rings. The Morgan fingerprint density at radius 2 is 2.18 bits per heavy atom. The van der Waals surface area contributed by atoms with Crippen LogP contribution in [0.2, 0.25) is 0 Å². The van der Waals surface area contributed by atoms with Gasteiger partial charge in [-0.2, -0.15) is 10.4 Å². The maximum absolute atomic E-state index is 9.08. The third-order valence-electron chi connectivity index (χ3n) is 2.67. The molecule has 0 amide bonds. The lowest BCUT2D eigenvalue weighted by atomic mass is 10.2. The predicted molar refractivity (Wildman–Crippen MR) is 64.8 cm³/mol. The minimum Gasteiger partial charge on any atom is -0.236 e. The van der Waals surface area contributed by atoms with Crippen LogP contribution < -0.4 is 0 Å². The Kier molecular flexibility index (Phi) is 3.20. The van der Waals surface area contributed by atoms with Crippen LogP contribution in [0.15, 0.2) is 24.4 Å². The summed E-state index contributed by atoms with van der Waals surface area (Å²) in [5.74, 6) is 0.617. The number of hydrogen-bond donors (Lipinski definition) is 0. The van der Waals surface area contributed by atoms with Gasteiger partial charge in [-0.3, -0.25) is 0 Å². The van der Waals surface area contributed by atoms with Gasteiger partial charge in [-0.1, -0.05) is 13.8 Å². The van der Waals surface area contributed by atoms with Gasteiger partial charge in [0, 0.05) is 11.9 Å². The quantitative estimate of drug-likeness (QED) is 0.806. The molecule has 0 aromatic carbocycles. The van der Waals surface area contributed by atoms with Gasteiger partial charge in [-0.15, -0.1) is 0 Å². The van der Waals surface area contributed by atoms with Crippen molar-refractivity contribution in [1.82, 2.24) is 14.8 Å². The summed E-state index contributed by atoms with van der Waals surface area (Å²) in [5.41, 5.74) is 2.65. The van der Waals surface area contributed by atoms with Crippen LogP contribution in [-0.2, 0) is 12.8 Å². The Bertz CT molecular complexity index is 563. The average Bonchev–Trinajstić information content (AvgIpc) is 2.81. The second kappa shape index (κ2) is 4.79. The molecule has 0 spiro atoms. The fourth-order valence-corrected chi connectivity index (χ4v) is 1.74. The SMILES string of the molecule is CCc1cc(CC)n(-c2ncccc2C#N)n1. The molecule has 4 heteroatoms. The third-order valence-corrected chi connectivity index (χ3v) is 2.67. The van der Waals surface area contributed by atoms with Crippen LogP contribution in [0.3, 0.4) is 0 Å². The van der Waals surface area contributed by atoms with Crippen LogP contribution >= 0.6 is 0 Å². The maximum atomic E-state index is 9.08. The molecule has 2 aromatic heterocycles. The van der Waals surface area contributed by atoms with Crippen molar-refractivity contribution < 1.29 is 0 Å². The highest BCUT2D eigenvalue weighted by molar-refractivity contribution is 5.43. The highest BCUT2D eigenvalue weighted by Crippen LogP contribution is 2.15.